The molecular formula is C11H15NO. The zero-order chi connectivity index (χ0) is 9.10. The van der Waals surface area contributed by atoms with Gasteiger partial charge in [0.25, 0.3) is 0 Å². The summed E-state index contributed by atoms with van der Waals surface area (Å²) in [6, 6.07) is 8.24. The largest absolute Gasteiger partial charge is 0.489 e. The highest BCUT2D eigenvalue weighted by atomic mass is 16.5. The Bertz CT molecular complexity index is 285. The van der Waals surface area contributed by atoms with Gasteiger partial charge in [0.1, 0.15) is 11.9 Å². The average molecular weight is 177 g/mol. The standard InChI is InChI=1S/C11H15NO/c12-8-10-6-3-5-9-4-1-2-7-11(9)13-10/h1-2,4,7,10H,3,5-6,8,12H2. The van der Waals surface area contributed by atoms with E-state index in [-0.39, 0.29) is 6.10 Å². The first-order chi connectivity index (χ1) is 6.40. The van der Waals surface area contributed by atoms with Crippen molar-refractivity contribution in [3.8, 4) is 5.75 Å². The summed E-state index contributed by atoms with van der Waals surface area (Å²) >= 11 is 0. The quantitative estimate of drug-likeness (QED) is 0.709. The van der Waals surface area contributed by atoms with Crippen molar-refractivity contribution in [1.29, 1.82) is 0 Å². The van der Waals surface area contributed by atoms with E-state index in [9.17, 15) is 0 Å². The van der Waals surface area contributed by atoms with Crippen LogP contribution in [0.5, 0.6) is 5.75 Å². The minimum absolute atomic E-state index is 0.212. The van der Waals surface area contributed by atoms with E-state index in [2.05, 4.69) is 12.1 Å². The predicted molar refractivity (Wildman–Crippen MR) is 52.9 cm³/mol. The van der Waals surface area contributed by atoms with E-state index in [1.807, 2.05) is 12.1 Å². The van der Waals surface area contributed by atoms with Crippen LogP contribution in [0, 0.1) is 0 Å². The molecule has 1 aromatic carbocycles. The number of fused-ring (bicyclic) bond motifs is 1. The molecule has 1 atom stereocenters. The van der Waals surface area contributed by atoms with Crippen molar-refractivity contribution in [3.05, 3.63) is 29.8 Å². The maximum Gasteiger partial charge on any atom is 0.122 e. The lowest BCUT2D eigenvalue weighted by Crippen LogP contribution is -2.25. The van der Waals surface area contributed by atoms with Gasteiger partial charge in [0.05, 0.1) is 0 Å². The summed E-state index contributed by atoms with van der Waals surface area (Å²) in [6.45, 7) is 0.619. The monoisotopic (exact) mass is 177 g/mol. The molecule has 1 unspecified atom stereocenters. The molecule has 70 valence electrons. The van der Waals surface area contributed by atoms with Crippen LogP contribution in [0.25, 0.3) is 0 Å². The summed E-state index contributed by atoms with van der Waals surface area (Å²) in [7, 11) is 0. The van der Waals surface area contributed by atoms with Crippen molar-refractivity contribution in [2.24, 2.45) is 5.73 Å². The fourth-order valence-electron chi connectivity index (χ4n) is 1.75. The fourth-order valence-corrected chi connectivity index (χ4v) is 1.75. The van der Waals surface area contributed by atoms with Crippen LogP contribution in [0.3, 0.4) is 0 Å². The molecule has 0 aliphatic carbocycles. The van der Waals surface area contributed by atoms with Crippen LogP contribution in [0.2, 0.25) is 0 Å². The van der Waals surface area contributed by atoms with E-state index in [0.717, 1.165) is 18.6 Å². The van der Waals surface area contributed by atoms with E-state index in [0.29, 0.717) is 6.54 Å². The summed E-state index contributed by atoms with van der Waals surface area (Å²) in [4.78, 5) is 0. The van der Waals surface area contributed by atoms with Crippen molar-refractivity contribution in [2.75, 3.05) is 6.54 Å². The van der Waals surface area contributed by atoms with Gasteiger partial charge in [-0.1, -0.05) is 18.2 Å². The Labute approximate surface area is 78.7 Å². The molecule has 2 rings (SSSR count). The first-order valence-electron chi connectivity index (χ1n) is 4.85. The van der Waals surface area contributed by atoms with Gasteiger partial charge < -0.3 is 10.5 Å². The predicted octanol–water partition coefficient (Wildman–Crippen LogP) is 1.73. The van der Waals surface area contributed by atoms with Gasteiger partial charge in [-0.2, -0.15) is 0 Å². The molecule has 0 saturated heterocycles. The molecule has 2 heteroatoms. The highest BCUT2D eigenvalue weighted by molar-refractivity contribution is 5.34. The van der Waals surface area contributed by atoms with Crippen LogP contribution in [0.1, 0.15) is 18.4 Å². The number of aryl methyl sites for hydroxylation is 1. The molecular weight excluding hydrogens is 162 g/mol. The lowest BCUT2D eigenvalue weighted by molar-refractivity contribution is 0.204. The number of ether oxygens (including phenoxy) is 1. The molecule has 2 N–H and O–H groups in total. The van der Waals surface area contributed by atoms with Crippen molar-refractivity contribution >= 4 is 0 Å². The van der Waals surface area contributed by atoms with Gasteiger partial charge in [-0.05, 0) is 30.9 Å². The van der Waals surface area contributed by atoms with Gasteiger partial charge in [-0.25, -0.2) is 0 Å². The summed E-state index contributed by atoms with van der Waals surface area (Å²) in [5.74, 6) is 1.02. The van der Waals surface area contributed by atoms with E-state index in [1.165, 1.54) is 12.0 Å². The maximum absolute atomic E-state index is 5.78. The van der Waals surface area contributed by atoms with Crippen molar-refractivity contribution in [2.45, 2.75) is 25.4 Å². The van der Waals surface area contributed by atoms with Crippen LogP contribution in [0.4, 0.5) is 0 Å². The van der Waals surface area contributed by atoms with Crippen molar-refractivity contribution < 1.29 is 4.74 Å². The molecule has 0 aromatic heterocycles. The van der Waals surface area contributed by atoms with Gasteiger partial charge in [-0.15, -0.1) is 0 Å². The highest BCUT2D eigenvalue weighted by Gasteiger charge is 2.15. The second-order valence-electron chi connectivity index (χ2n) is 3.48. The maximum atomic E-state index is 5.78. The molecule has 0 amide bonds. The van der Waals surface area contributed by atoms with E-state index < -0.39 is 0 Å². The smallest absolute Gasteiger partial charge is 0.122 e. The second-order valence-corrected chi connectivity index (χ2v) is 3.48. The van der Waals surface area contributed by atoms with Crippen LogP contribution in [-0.2, 0) is 6.42 Å². The van der Waals surface area contributed by atoms with E-state index in [1.54, 1.807) is 0 Å². The average Bonchev–Trinajstić information content (AvgIpc) is 2.38. The Morgan fingerprint density at radius 3 is 3.08 bits per heavy atom. The van der Waals surface area contributed by atoms with E-state index >= 15 is 0 Å². The number of hydrogen-bond donors (Lipinski definition) is 1. The Morgan fingerprint density at radius 1 is 1.38 bits per heavy atom. The molecule has 0 radical (unpaired) electrons. The van der Waals surface area contributed by atoms with Gasteiger partial charge in [-0.3, -0.25) is 0 Å². The molecule has 2 nitrogen and oxygen atoms in total. The van der Waals surface area contributed by atoms with Crippen LogP contribution in [0.15, 0.2) is 24.3 Å². The molecule has 1 aromatic rings. The first kappa shape index (κ1) is 8.57. The molecule has 1 aliphatic rings. The number of rotatable bonds is 1. The normalized spacial score (nSPS) is 21.5. The van der Waals surface area contributed by atoms with Gasteiger partial charge >= 0.3 is 0 Å². The lowest BCUT2D eigenvalue weighted by Gasteiger charge is -2.14. The molecule has 0 spiro atoms. The van der Waals surface area contributed by atoms with Crippen LogP contribution in [-0.4, -0.2) is 12.6 Å². The zero-order valence-corrected chi connectivity index (χ0v) is 7.70. The topological polar surface area (TPSA) is 35.2 Å². The molecule has 13 heavy (non-hydrogen) atoms. The SMILES string of the molecule is NCC1CCCc2ccccc2O1. The summed E-state index contributed by atoms with van der Waals surface area (Å²) < 4.78 is 5.78. The number of benzene rings is 1. The molecule has 1 aliphatic heterocycles. The third-order valence-electron chi connectivity index (χ3n) is 2.50. The van der Waals surface area contributed by atoms with Gasteiger partial charge in [0, 0.05) is 6.54 Å². The third-order valence-corrected chi connectivity index (χ3v) is 2.50. The number of hydrogen-bond acceptors (Lipinski definition) is 2. The third kappa shape index (κ3) is 1.83. The van der Waals surface area contributed by atoms with E-state index in [4.69, 9.17) is 10.5 Å². The summed E-state index contributed by atoms with van der Waals surface area (Å²) in [5.41, 5.74) is 6.92. The molecule has 1 heterocycles. The Kier molecular flexibility index (Phi) is 2.50. The highest BCUT2D eigenvalue weighted by Crippen LogP contribution is 2.25. The van der Waals surface area contributed by atoms with Crippen molar-refractivity contribution in [3.63, 3.8) is 0 Å². The summed E-state index contributed by atoms with van der Waals surface area (Å²) in [6.07, 6.45) is 3.58. The minimum Gasteiger partial charge on any atom is -0.489 e. The fraction of sp³-hybridized carbons (Fsp3) is 0.455. The Morgan fingerprint density at radius 2 is 2.23 bits per heavy atom. The van der Waals surface area contributed by atoms with Gasteiger partial charge in [0.2, 0.25) is 0 Å². The lowest BCUT2D eigenvalue weighted by atomic mass is 10.1. The second kappa shape index (κ2) is 3.79. The number of nitrogens with two attached hydrogens (primary N) is 1. The Balaban J connectivity index is 2.23. The minimum atomic E-state index is 0.212. The molecule has 0 fully saturated rings. The first-order valence-corrected chi connectivity index (χ1v) is 4.85. The van der Waals surface area contributed by atoms with Crippen LogP contribution >= 0.6 is 0 Å². The zero-order valence-electron chi connectivity index (χ0n) is 7.70. The summed E-state index contributed by atoms with van der Waals surface area (Å²) in [5, 5.41) is 0. The van der Waals surface area contributed by atoms with Gasteiger partial charge in [0.15, 0.2) is 0 Å². The number of para-hydroxylation sites is 1. The molecule has 0 saturated carbocycles. The Hall–Kier alpha value is -1.02. The molecule has 0 bridgehead atoms. The van der Waals surface area contributed by atoms with Crippen LogP contribution < -0.4 is 10.5 Å². The van der Waals surface area contributed by atoms with Crippen molar-refractivity contribution in [1.82, 2.24) is 0 Å².